The average Bonchev–Trinajstić information content (AvgIpc) is 2.15. The summed E-state index contributed by atoms with van der Waals surface area (Å²) in [5.41, 5.74) is 1.64. The molecule has 0 aliphatic heterocycles. The third-order valence-corrected chi connectivity index (χ3v) is 3.42. The summed E-state index contributed by atoms with van der Waals surface area (Å²) in [5.74, 6) is 0. The molecular formula is C8H9NO4S2-2. The van der Waals surface area contributed by atoms with Gasteiger partial charge in [0, 0.05) is 29.1 Å². The van der Waals surface area contributed by atoms with E-state index in [4.69, 9.17) is 0 Å². The molecule has 1 aromatic carbocycles. The van der Waals surface area contributed by atoms with Gasteiger partial charge in [-0.1, -0.05) is 29.8 Å². The third kappa shape index (κ3) is 3.80. The zero-order valence-corrected chi connectivity index (χ0v) is 9.55. The van der Waals surface area contributed by atoms with Gasteiger partial charge in [-0.2, -0.15) is 3.71 Å². The summed E-state index contributed by atoms with van der Waals surface area (Å²) in [5, 5.41) is 0. The second kappa shape index (κ2) is 5.47. The third-order valence-electron chi connectivity index (χ3n) is 1.76. The Hall–Kier alpha value is -0.600. The molecule has 5 nitrogen and oxygen atoms in total. The SMILES string of the molecule is Cc1ccc(CN(S(=O)[O-])S(=O)[O-])cc1. The summed E-state index contributed by atoms with van der Waals surface area (Å²) in [6.07, 6.45) is 0. The molecule has 7 heteroatoms. The van der Waals surface area contributed by atoms with E-state index in [9.17, 15) is 17.5 Å². The molecule has 0 fully saturated rings. The molecular weight excluding hydrogens is 238 g/mol. The Balaban J connectivity index is 2.79. The van der Waals surface area contributed by atoms with Crippen molar-refractivity contribution >= 4 is 22.5 Å². The lowest BCUT2D eigenvalue weighted by Crippen LogP contribution is -2.27. The fourth-order valence-corrected chi connectivity index (χ4v) is 1.90. The van der Waals surface area contributed by atoms with Crippen molar-refractivity contribution in [2.45, 2.75) is 13.5 Å². The topological polar surface area (TPSA) is 83.5 Å². The molecule has 0 aliphatic carbocycles. The first kappa shape index (κ1) is 12.5. The highest BCUT2D eigenvalue weighted by Crippen LogP contribution is 2.09. The second-order valence-electron chi connectivity index (χ2n) is 2.91. The smallest absolute Gasteiger partial charge is 0.0479 e. The Kier molecular flexibility index (Phi) is 4.55. The molecule has 0 heterocycles. The van der Waals surface area contributed by atoms with Gasteiger partial charge in [-0.05, 0) is 12.5 Å². The van der Waals surface area contributed by atoms with Crippen LogP contribution in [0.15, 0.2) is 24.3 Å². The van der Waals surface area contributed by atoms with Gasteiger partial charge in [0.1, 0.15) is 0 Å². The Morgan fingerprint density at radius 1 is 1.13 bits per heavy atom. The van der Waals surface area contributed by atoms with Gasteiger partial charge in [-0.25, -0.2) is 0 Å². The van der Waals surface area contributed by atoms with E-state index in [0.29, 0.717) is 9.27 Å². The van der Waals surface area contributed by atoms with Crippen LogP contribution in [0.1, 0.15) is 11.1 Å². The van der Waals surface area contributed by atoms with E-state index < -0.39 is 22.5 Å². The molecule has 0 saturated heterocycles. The lowest BCUT2D eigenvalue weighted by Gasteiger charge is -2.25. The average molecular weight is 247 g/mol. The molecule has 0 saturated carbocycles. The Labute approximate surface area is 92.9 Å². The molecule has 0 aliphatic rings. The minimum atomic E-state index is -2.77. The fraction of sp³-hybridized carbons (Fsp3) is 0.250. The van der Waals surface area contributed by atoms with Crippen LogP contribution >= 0.6 is 0 Å². The van der Waals surface area contributed by atoms with Gasteiger partial charge >= 0.3 is 0 Å². The molecule has 0 N–H and O–H groups in total. The van der Waals surface area contributed by atoms with E-state index in [-0.39, 0.29) is 6.54 Å². The molecule has 15 heavy (non-hydrogen) atoms. The first-order valence-corrected chi connectivity index (χ1v) is 6.09. The monoisotopic (exact) mass is 247 g/mol. The molecule has 0 radical (unpaired) electrons. The molecule has 2 unspecified atom stereocenters. The van der Waals surface area contributed by atoms with Gasteiger partial charge in [0.05, 0.1) is 0 Å². The van der Waals surface area contributed by atoms with Crippen molar-refractivity contribution in [2.75, 3.05) is 0 Å². The van der Waals surface area contributed by atoms with Crippen LogP contribution in [0.4, 0.5) is 0 Å². The number of aryl methyl sites for hydroxylation is 1. The van der Waals surface area contributed by atoms with Crippen molar-refractivity contribution in [3.8, 4) is 0 Å². The first-order chi connectivity index (χ1) is 7.00. The largest absolute Gasteiger partial charge is 0.759 e. The van der Waals surface area contributed by atoms with Gasteiger partial charge in [0.15, 0.2) is 0 Å². The fourth-order valence-electron chi connectivity index (χ4n) is 0.998. The predicted octanol–water partition coefficient (Wildman–Crippen LogP) is 0.385. The first-order valence-electron chi connectivity index (χ1n) is 4.02. The maximum atomic E-state index is 10.5. The molecule has 1 aromatic rings. The molecule has 84 valence electrons. The summed E-state index contributed by atoms with van der Waals surface area (Å²) >= 11 is -5.54. The van der Waals surface area contributed by atoms with Crippen molar-refractivity contribution < 1.29 is 17.5 Å². The molecule has 0 aromatic heterocycles. The summed E-state index contributed by atoms with van der Waals surface area (Å²) in [7, 11) is 0. The zero-order valence-electron chi connectivity index (χ0n) is 7.91. The highest BCUT2D eigenvalue weighted by molar-refractivity contribution is 7.92. The molecule has 2 atom stereocenters. The van der Waals surface area contributed by atoms with E-state index >= 15 is 0 Å². The lowest BCUT2D eigenvalue weighted by molar-refractivity contribution is 0.441. The van der Waals surface area contributed by atoms with E-state index in [1.54, 1.807) is 24.3 Å². The maximum absolute atomic E-state index is 10.5. The standard InChI is InChI=1S/C8H11NO4S2/c1-7-2-4-8(5-3-7)6-9(14(10)11)15(12)13/h2-5H,6H2,1H3,(H,10,11)(H,12,13)/p-2. The van der Waals surface area contributed by atoms with Crippen molar-refractivity contribution in [3.05, 3.63) is 35.4 Å². The highest BCUT2D eigenvalue weighted by atomic mass is 32.3. The number of rotatable bonds is 4. The van der Waals surface area contributed by atoms with Crippen LogP contribution in [0, 0.1) is 6.92 Å². The van der Waals surface area contributed by atoms with E-state index in [1.807, 2.05) is 6.92 Å². The Bertz CT molecular complexity index is 365. The van der Waals surface area contributed by atoms with Crippen molar-refractivity contribution in [2.24, 2.45) is 0 Å². The molecule has 1 rings (SSSR count). The van der Waals surface area contributed by atoms with Gasteiger partial charge in [0.25, 0.3) is 0 Å². The van der Waals surface area contributed by atoms with E-state index in [2.05, 4.69) is 0 Å². The minimum absolute atomic E-state index is 0.174. The number of hydrogen-bond acceptors (Lipinski definition) is 4. The summed E-state index contributed by atoms with van der Waals surface area (Å²) < 4.78 is 42.5. The van der Waals surface area contributed by atoms with Gasteiger partial charge in [0.2, 0.25) is 0 Å². The number of hydrogen-bond donors (Lipinski definition) is 0. The zero-order chi connectivity index (χ0) is 11.4. The van der Waals surface area contributed by atoms with Gasteiger partial charge in [-0.15, -0.1) is 0 Å². The van der Waals surface area contributed by atoms with Crippen LogP contribution in [0.3, 0.4) is 0 Å². The van der Waals surface area contributed by atoms with Crippen LogP contribution in [-0.2, 0) is 29.1 Å². The van der Waals surface area contributed by atoms with Gasteiger partial charge < -0.3 is 9.11 Å². The minimum Gasteiger partial charge on any atom is -0.759 e. The number of benzene rings is 1. The summed E-state index contributed by atoms with van der Waals surface area (Å²) in [4.78, 5) is 0. The second-order valence-corrected chi connectivity index (χ2v) is 4.89. The number of nitrogens with zero attached hydrogens (tertiary/aromatic N) is 1. The van der Waals surface area contributed by atoms with Crippen LogP contribution in [0.5, 0.6) is 0 Å². The Morgan fingerprint density at radius 3 is 2.00 bits per heavy atom. The van der Waals surface area contributed by atoms with Gasteiger partial charge in [-0.3, -0.25) is 8.42 Å². The van der Waals surface area contributed by atoms with Crippen molar-refractivity contribution in [3.63, 3.8) is 0 Å². The van der Waals surface area contributed by atoms with Crippen LogP contribution < -0.4 is 0 Å². The van der Waals surface area contributed by atoms with Crippen LogP contribution in [0.25, 0.3) is 0 Å². The molecule has 0 amide bonds. The quantitative estimate of drug-likeness (QED) is 0.720. The van der Waals surface area contributed by atoms with Crippen molar-refractivity contribution in [1.82, 2.24) is 3.71 Å². The Morgan fingerprint density at radius 2 is 1.60 bits per heavy atom. The molecule has 0 bridgehead atoms. The maximum Gasteiger partial charge on any atom is 0.0479 e. The lowest BCUT2D eigenvalue weighted by atomic mass is 10.2. The molecule has 0 spiro atoms. The highest BCUT2D eigenvalue weighted by Gasteiger charge is 2.06. The summed E-state index contributed by atoms with van der Waals surface area (Å²) in [6.45, 7) is 1.71. The predicted molar refractivity (Wildman–Crippen MR) is 54.6 cm³/mol. The van der Waals surface area contributed by atoms with E-state index in [0.717, 1.165) is 5.56 Å². The van der Waals surface area contributed by atoms with Crippen molar-refractivity contribution in [1.29, 1.82) is 0 Å². The summed E-state index contributed by atoms with van der Waals surface area (Å²) in [6, 6.07) is 6.94. The van der Waals surface area contributed by atoms with Crippen LogP contribution in [-0.4, -0.2) is 21.2 Å². The van der Waals surface area contributed by atoms with E-state index in [1.165, 1.54) is 0 Å². The van der Waals surface area contributed by atoms with Crippen LogP contribution in [0.2, 0.25) is 0 Å². The normalized spacial score (nSPS) is 15.2.